The zero-order chi connectivity index (χ0) is 13.7. The predicted molar refractivity (Wildman–Crippen MR) is 74.8 cm³/mol. The van der Waals surface area contributed by atoms with Crippen LogP contribution in [0.2, 0.25) is 0 Å². The predicted octanol–water partition coefficient (Wildman–Crippen LogP) is 4.10. The Morgan fingerprint density at radius 2 is 1.67 bits per heavy atom. The lowest BCUT2D eigenvalue weighted by Gasteiger charge is -2.15. The summed E-state index contributed by atoms with van der Waals surface area (Å²) in [5, 5.41) is 9.23. The highest BCUT2D eigenvalue weighted by Gasteiger charge is 2.19. The highest BCUT2D eigenvalue weighted by molar-refractivity contribution is 5.70. The number of aliphatic carboxylic acids is 1. The van der Waals surface area contributed by atoms with Gasteiger partial charge in [0.1, 0.15) is 0 Å². The van der Waals surface area contributed by atoms with Crippen LogP contribution in [0.15, 0.2) is 24.3 Å². The van der Waals surface area contributed by atoms with E-state index in [0.29, 0.717) is 18.3 Å². The van der Waals surface area contributed by atoms with E-state index in [0.717, 1.165) is 12.0 Å². The lowest BCUT2D eigenvalue weighted by Crippen LogP contribution is -2.18. The molecule has 0 aliphatic heterocycles. The van der Waals surface area contributed by atoms with Gasteiger partial charge in [0.2, 0.25) is 0 Å². The number of benzene rings is 1. The highest BCUT2D eigenvalue weighted by Crippen LogP contribution is 2.20. The summed E-state index contributed by atoms with van der Waals surface area (Å²) in [6.07, 6.45) is 1.37. The van der Waals surface area contributed by atoms with Gasteiger partial charge in [-0.05, 0) is 35.8 Å². The van der Waals surface area contributed by atoms with Crippen LogP contribution < -0.4 is 0 Å². The first-order chi connectivity index (χ1) is 8.40. The van der Waals surface area contributed by atoms with Crippen LogP contribution >= 0.6 is 0 Å². The van der Waals surface area contributed by atoms with Gasteiger partial charge in [-0.25, -0.2) is 0 Å². The van der Waals surface area contributed by atoms with E-state index < -0.39 is 5.97 Å². The molecule has 0 aliphatic carbocycles. The lowest BCUT2D eigenvalue weighted by molar-refractivity contribution is -0.142. The third kappa shape index (κ3) is 4.52. The number of carboxylic acids is 1. The molecule has 1 atom stereocenters. The van der Waals surface area contributed by atoms with Crippen molar-refractivity contribution in [2.75, 3.05) is 0 Å². The largest absolute Gasteiger partial charge is 0.481 e. The molecule has 0 fully saturated rings. The first-order valence-corrected chi connectivity index (χ1v) is 6.71. The van der Waals surface area contributed by atoms with Gasteiger partial charge in [-0.1, -0.05) is 52.0 Å². The molecule has 0 heterocycles. The number of carbonyl (C=O) groups is 1. The lowest BCUT2D eigenvalue weighted by atomic mass is 9.90. The van der Waals surface area contributed by atoms with Gasteiger partial charge in [0.15, 0.2) is 0 Å². The highest BCUT2D eigenvalue weighted by atomic mass is 16.4. The molecule has 0 bridgehead atoms. The first-order valence-electron chi connectivity index (χ1n) is 6.71. The summed E-state index contributed by atoms with van der Waals surface area (Å²) < 4.78 is 0. The molecule has 1 aromatic carbocycles. The molecule has 100 valence electrons. The minimum absolute atomic E-state index is 0.269. The van der Waals surface area contributed by atoms with Crippen LogP contribution in [0.3, 0.4) is 0 Å². The first kappa shape index (κ1) is 14.7. The van der Waals surface area contributed by atoms with Crippen LogP contribution in [0, 0.1) is 11.8 Å². The number of hydrogen-bond acceptors (Lipinski definition) is 1. The monoisotopic (exact) mass is 248 g/mol. The normalized spacial score (nSPS) is 13.0. The van der Waals surface area contributed by atoms with Gasteiger partial charge in [0.05, 0.1) is 5.92 Å². The minimum atomic E-state index is -0.684. The molecule has 1 N–H and O–H groups in total. The Hall–Kier alpha value is -1.31. The molecule has 1 rings (SSSR count). The number of rotatable bonds is 6. The Morgan fingerprint density at radius 3 is 2.06 bits per heavy atom. The molecule has 0 spiro atoms. The third-order valence-electron chi connectivity index (χ3n) is 3.23. The molecule has 18 heavy (non-hydrogen) atoms. The summed E-state index contributed by atoms with van der Waals surface area (Å²) >= 11 is 0. The Labute approximate surface area is 110 Å². The van der Waals surface area contributed by atoms with Crippen LogP contribution in [-0.4, -0.2) is 11.1 Å². The van der Waals surface area contributed by atoms with E-state index in [-0.39, 0.29) is 5.92 Å². The maximum atomic E-state index is 11.2. The van der Waals surface area contributed by atoms with Crippen LogP contribution in [-0.2, 0) is 11.2 Å². The van der Waals surface area contributed by atoms with Crippen molar-refractivity contribution in [3.05, 3.63) is 35.4 Å². The van der Waals surface area contributed by atoms with Crippen molar-refractivity contribution in [2.45, 2.75) is 46.5 Å². The molecule has 0 amide bonds. The van der Waals surface area contributed by atoms with E-state index >= 15 is 0 Å². The molecule has 1 unspecified atom stereocenters. The molecular weight excluding hydrogens is 224 g/mol. The van der Waals surface area contributed by atoms with Gasteiger partial charge in [-0.2, -0.15) is 0 Å². The molecule has 2 nitrogen and oxygen atoms in total. The summed E-state index contributed by atoms with van der Waals surface area (Å²) in [7, 11) is 0. The van der Waals surface area contributed by atoms with Crippen molar-refractivity contribution in [1.82, 2.24) is 0 Å². The Balaban J connectivity index is 2.72. The fourth-order valence-electron chi connectivity index (χ4n) is 2.16. The van der Waals surface area contributed by atoms with Crippen molar-refractivity contribution in [1.29, 1.82) is 0 Å². The number of hydrogen-bond donors (Lipinski definition) is 1. The van der Waals surface area contributed by atoms with Gasteiger partial charge in [0.25, 0.3) is 0 Å². The second kappa shape index (κ2) is 6.58. The molecule has 0 saturated heterocycles. The molecular formula is C16H24O2. The molecule has 0 aliphatic rings. The van der Waals surface area contributed by atoms with Crippen LogP contribution in [0.4, 0.5) is 0 Å². The van der Waals surface area contributed by atoms with Gasteiger partial charge < -0.3 is 5.11 Å². The van der Waals surface area contributed by atoms with Gasteiger partial charge >= 0.3 is 5.97 Å². The summed E-state index contributed by atoms with van der Waals surface area (Å²) in [5.74, 6) is -0.0161. The summed E-state index contributed by atoms with van der Waals surface area (Å²) in [5.41, 5.74) is 2.42. The smallest absolute Gasteiger partial charge is 0.306 e. The molecule has 0 saturated carbocycles. The van der Waals surface area contributed by atoms with Crippen molar-refractivity contribution >= 4 is 5.97 Å². The van der Waals surface area contributed by atoms with Crippen molar-refractivity contribution < 1.29 is 9.90 Å². The number of carboxylic acid groups (broad SMARTS) is 1. The quantitative estimate of drug-likeness (QED) is 0.823. The zero-order valence-corrected chi connectivity index (χ0v) is 11.8. The Morgan fingerprint density at radius 1 is 1.11 bits per heavy atom. The fraction of sp³-hybridized carbons (Fsp3) is 0.562. The molecule has 1 aromatic rings. The zero-order valence-electron chi connectivity index (χ0n) is 11.8. The topological polar surface area (TPSA) is 37.3 Å². The van der Waals surface area contributed by atoms with E-state index in [1.165, 1.54) is 5.56 Å². The Bertz CT molecular complexity index is 377. The van der Waals surface area contributed by atoms with Crippen LogP contribution in [0.25, 0.3) is 0 Å². The van der Waals surface area contributed by atoms with E-state index in [1.54, 1.807) is 0 Å². The average Bonchev–Trinajstić information content (AvgIpc) is 2.28. The van der Waals surface area contributed by atoms with Crippen LogP contribution in [0.5, 0.6) is 0 Å². The van der Waals surface area contributed by atoms with Gasteiger partial charge in [-0.3, -0.25) is 4.79 Å². The van der Waals surface area contributed by atoms with Crippen molar-refractivity contribution in [3.63, 3.8) is 0 Å². The van der Waals surface area contributed by atoms with Crippen molar-refractivity contribution in [2.24, 2.45) is 11.8 Å². The summed E-state index contributed by atoms with van der Waals surface area (Å²) in [4.78, 5) is 11.2. The molecule has 2 heteroatoms. The Kier molecular flexibility index (Phi) is 5.39. The summed E-state index contributed by atoms with van der Waals surface area (Å²) in [6, 6.07) is 8.33. The fourth-order valence-corrected chi connectivity index (χ4v) is 2.16. The molecule has 0 radical (unpaired) electrons. The second-order valence-corrected chi connectivity index (χ2v) is 5.77. The second-order valence-electron chi connectivity index (χ2n) is 5.77. The standard InChI is InChI=1S/C16H24O2/c1-11(2)9-15(16(17)18)10-13-5-7-14(8-6-13)12(3)4/h5-8,11-12,15H,9-10H2,1-4H3,(H,17,18). The minimum Gasteiger partial charge on any atom is -0.481 e. The van der Waals surface area contributed by atoms with E-state index in [2.05, 4.69) is 52.0 Å². The van der Waals surface area contributed by atoms with E-state index in [1.807, 2.05) is 0 Å². The van der Waals surface area contributed by atoms with E-state index in [4.69, 9.17) is 0 Å². The maximum absolute atomic E-state index is 11.2. The van der Waals surface area contributed by atoms with Crippen molar-refractivity contribution in [3.8, 4) is 0 Å². The molecule has 0 aromatic heterocycles. The van der Waals surface area contributed by atoms with Gasteiger partial charge in [0, 0.05) is 0 Å². The summed E-state index contributed by atoms with van der Waals surface area (Å²) in [6.45, 7) is 8.46. The van der Waals surface area contributed by atoms with Crippen LogP contribution in [0.1, 0.15) is 51.2 Å². The SMILES string of the molecule is CC(C)CC(Cc1ccc(C(C)C)cc1)C(=O)O. The van der Waals surface area contributed by atoms with E-state index in [9.17, 15) is 9.90 Å². The average molecular weight is 248 g/mol. The third-order valence-corrected chi connectivity index (χ3v) is 3.23. The van der Waals surface area contributed by atoms with Gasteiger partial charge in [-0.15, -0.1) is 0 Å². The maximum Gasteiger partial charge on any atom is 0.306 e.